The molecule has 5 rings (SSSR count). The van der Waals surface area contributed by atoms with E-state index in [4.69, 9.17) is 11.6 Å². The van der Waals surface area contributed by atoms with Gasteiger partial charge in [-0.2, -0.15) is 0 Å². The van der Waals surface area contributed by atoms with Gasteiger partial charge in [0.1, 0.15) is 12.1 Å². The SMILES string of the molecule is Clc1cccc(-n2cc(-c3ccccc3)c3c(Nc4ccccc4)ncnc32)c1. The van der Waals surface area contributed by atoms with E-state index in [1.807, 2.05) is 72.8 Å². The Morgan fingerprint density at radius 1 is 0.793 bits per heavy atom. The van der Waals surface area contributed by atoms with Gasteiger partial charge in [-0.25, -0.2) is 9.97 Å². The second-order valence-corrected chi connectivity index (χ2v) is 7.11. The third-order valence-corrected chi connectivity index (χ3v) is 5.03. The molecule has 29 heavy (non-hydrogen) atoms. The topological polar surface area (TPSA) is 42.7 Å². The lowest BCUT2D eigenvalue weighted by Crippen LogP contribution is -1.98. The number of aromatic nitrogens is 3. The molecule has 2 heterocycles. The minimum atomic E-state index is 0.683. The molecule has 0 radical (unpaired) electrons. The minimum Gasteiger partial charge on any atom is -0.340 e. The van der Waals surface area contributed by atoms with Crippen molar-refractivity contribution in [1.82, 2.24) is 14.5 Å². The molecule has 1 N–H and O–H groups in total. The standard InChI is InChI=1S/C24H17ClN4/c25-18-10-7-13-20(14-18)29-15-21(17-8-3-1-4-9-17)22-23(26-16-27-24(22)29)28-19-11-5-2-6-12-19/h1-16H,(H,26,27,28). The Morgan fingerprint density at radius 3 is 2.31 bits per heavy atom. The Kier molecular flexibility index (Phi) is 4.47. The molecule has 5 aromatic rings. The fourth-order valence-electron chi connectivity index (χ4n) is 3.47. The summed E-state index contributed by atoms with van der Waals surface area (Å²) in [6.07, 6.45) is 3.68. The Labute approximate surface area is 173 Å². The van der Waals surface area contributed by atoms with Gasteiger partial charge in [0, 0.05) is 28.2 Å². The summed E-state index contributed by atoms with van der Waals surface area (Å²) in [6.45, 7) is 0. The first-order valence-electron chi connectivity index (χ1n) is 9.29. The minimum absolute atomic E-state index is 0.683. The van der Waals surface area contributed by atoms with Crippen LogP contribution in [0.5, 0.6) is 0 Å². The van der Waals surface area contributed by atoms with Gasteiger partial charge in [0.25, 0.3) is 0 Å². The molecule has 0 fully saturated rings. The molecule has 2 aromatic heterocycles. The van der Waals surface area contributed by atoms with Crippen molar-refractivity contribution in [3.8, 4) is 16.8 Å². The maximum atomic E-state index is 6.25. The Bertz CT molecular complexity index is 1280. The average molecular weight is 397 g/mol. The Morgan fingerprint density at radius 2 is 1.55 bits per heavy atom. The molecule has 0 aliphatic heterocycles. The summed E-state index contributed by atoms with van der Waals surface area (Å²) in [5, 5.41) is 5.09. The van der Waals surface area contributed by atoms with E-state index in [0.717, 1.165) is 39.4 Å². The first kappa shape index (κ1) is 17.5. The van der Waals surface area contributed by atoms with E-state index in [2.05, 4.69) is 38.2 Å². The van der Waals surface area contributed by atoms with Crippen molar-refractivity contribution in [2.75, 3.05) is 5.32 Å². The number of halogens is 1. The molecule has 0 saturated heterocycles. The van der Waals surface area contributed by atoms with Crippen LogP contribution in [-0.4, -0.2) is 14.5 Å². The van der Waals surface area contributed by atoms with Gasteiger partial charge in [0.15, 0.2) is 5.65 Å². The van der Waals surface area contributed by atoms with Gasteiger partial charge in [0.05, 0.1) is 5.39 Å². The van der Waals surface area contributed by atoms with Gasteiger partial charge < -0.3 is 9.88 Å². The Balaban J connectivity index is 1.77. The van der Waals surface area contributed by atoms with Gasteiger partial charge in [-0.15, -0.1) is 0 Å². The van der Waals surface area contributed by atoms with Crippen LogP contribution in [0.15, 0.2) is 97.5 Å². The maximum absolute atomic E-state index is 6.25. The van der Waals surface area contributed by atoms with Gasteiger partial charge in [-0.1, -0.05) is 66.2 Å². The van der Waals surface area contributed by atoms with E-state index in [1.54, 1.807) is 6.33 Å². The monoisotopic (exact) mass is 396 g/mol. The van der Waals surface area contributed by atoms with Crippen molar-refractivity contribution >= 4 is 34.1 Å². The van der Waals surface area contributed by atoms with Crippen LogP contribution >= 0.6 is 11.6 Å². The molecule has 0 spiro atoms. The first-order valence-corrected chi connectivity index (χ1v) is 9.67. The largest absolute Gasteiger partial charge is 0.340 e. The number of hydrogen-bond acceptors (Lipinski definition) is 3. The zero-order valence-corrected chi connectivity index (χ0v) is 16.2. The van der Waals surface area contributed by atoms with Crippen LogP contribution in [0.1, 0.15) is 0 Å². The third kappa shape index (κ3) is 3.35. The third-order valence-electron chi connectivity index (χ3n) is 4.79. The molecular formula is C24H17ClN4. The highest BCUT2D eigenvalue weighted by atomic mass is 35.5. The van der Waals surface area contributed by atoms with Crippen LogP contribution < -0.4 is 5.32 Å². The Hall–Kier alpha value is -3.63. The predicted molar refractivity (Wildman–Crippen MR) is 119 cm³/mol. The second kappa shape index (κ2) is 7.41. The van der Waals surface area contributed by atoms with E-state index in [-0.39, 0.29) is 0 Å². The molecule has 0 saturated carbocycles. The van der Waals surface area contributed by atoms with Crippen LogP contribution in [0, 0.1) is 0 Å². The lowest BCUT2D eigenvalue weighted by atomic mass is 10.1. The van der Waals surface area contributed by atoms with Gasteiger partial charge in [-0.05, 0) is 35.9 Å². The molecule has 4 nitrogen and oxygen atoms in total. The average Bonchev–Trinajstić information content (AvgIpc) is 3.16. The highest BCUT2D eigenvalue weighted by Gasteiger charge is 2.17. The molecule has 0 unspecified atom stereocenters. The molecule has 5 heteroatoms. The van der Waals surface area contributed by atoms with Crippen molar-refractivity contribution < 1.29 is 0 Å². The van der Waals surface area contributed by atoms with E-state index in [9.17, 15) is 0 Å². The summed E-state index contributed by atoms with van der Waals surface area (Å²) in [5.41, 5.74) is 4.90. The van der Waals surface area contributed by atoms with Crippen molar-refractivity contribution in [2.45, 2.75) is 0 Å². The zero-order chi connectivity index (χ0) is 19.6. The molecule has 0 bridgehead atoms. The lowest BCUT2D eigenvalue weighted by molar-refractivity contribution is 1.08. The number of fused-ring (bicyclic) bond motifs is 1. The van der Waals surface area contributed by atoms with Crippen molar-refractivity contribution in [3.05, 3.63) is 102 Å². The van der Waals surface area contributed by atoms with E-state index in [1.165, 1.54) is 0 Å². The molecule has 0 aliphatic carbocycles. The highest BCUT2D eigenvalue weighted by molar-refractivity contribution is 6.30. The molecule has 0 amide bonds. The van der Waals surface area contributed by atoms with Crippen LogP contribution in [0.4, 0.5) is 11.5 Å². The molecule has 0 atom stereocenters. The maximum Gasteiger partial charge on any atom is 0.150 e. The van der Waals surface area contributed by atoms with Gasteiger partial charge >= 0.3 is 0 Å². The molecule has 140 valence electrons. The number of anilines is 2. The number of rotatable bonds is 4. The van der Waals surface area contributed by atoms with E-state index in [0.29, 0.717) is 5.02 Å². The van der Waals surface area contributed by atoms with Gasteiger partial charge in [-0.3, -0.25) is 0 Å². The summed E-state index contributed by atoms with van der Waals surface area (Å²) in [5.74, 6) is 0.765. The van der Waals surface area contributed by atoms with Crippen molar-refractivity contribution in [3.63, 3.8) is 0 Å². The van der Waals surface area contributed by atoms with E-state index < -0.39 is 0 Å². The van der Waals surface area contributed by atoms with Crippen LogP contribution in [0.25, 0.3) is 27.8 Å². The quantitative estimate of drug-likeness (QED) is 0.377. The number of benzene rings is 3. The van der Waals surface area contributed by atoms with Gasteiger partial charge in [0.2, 0.25) is 0 Å². The second-order valence-electron chi connectivity index (χ2n) is 6.67. The lowest BCUT2D eigenvalue weighted by Gasteiger charge is -2.09. The number of para-hydroxylation sites is 1. The summed E-state index contributed by atoms with van der Waals surface area (Å²) >= 11 is 6.25. The van der Waals surface area contributed by atoms with Crippen LogP contribution in [-0.2, 0) is 0 Å². The van der Waals surface area contributed by atoms with Crippen LogP contribution in [0.3, 0.4) is 0 Å². The smallest absolute Gasteiger partial charge is 0.150 e. The summed E-state index contributed by atoms with van der Waals surface area (Å²) < 4.78 is 2.06. The summed E-state index contributed by atoms with van der Waals surface area (Å²) in [7, 11) is 0. The fourth-order valence-corrected chi connectivity index (χ4v) is 3.66. The number of nitrogens with one attached hydrogen (secondary N) is 1. The molecular weight excluding hydrogens is 380 g/mol. The summed E-state index contributed by atoms with van der Waals surface area (Å²) in [6, 6.07) is 28.0. The highest BCUT2D eigenvalue weighted by Crippen LogP contribution is 2.36. The molecule has 0 aliphatic rings. The van der Waals surface area contributed by atoms with Crippen LogP contribution in [0.2, 0.25) is 5.02 Å². The number of hydrogen-bond donors (Lipinski definition) is 1. The zero-order valence-electron chi connectivity index (χ0n) is 15.5. The van der Waals surface area contributed by atoms with Crippen molar-refractivity contribution in [2.24, 2.45) is 0 Å². The fraction of sp³-hybridized carbons (Fsp3) is 0. The number of nitrogens with zero attached hydrogens (tertiary/aromatic N) is 3. The summed E-state index contributed by atoms with van der Waals surface area (Å²) in [4.78, 5) is 9.16. The normalized spacial score (nSPS) is 10.9. The first-order chi connectivity index (χ1) is 14.3. The predicted octanol–water partition coefficient (Wildman–Crippen LogP) is 6.48. The van der Waals surface area contributed by atoms with Crippen molar-refractivity contribution in [1.29, 1.82) is 0 Å². The van der Waals surface area contributed by atoms with E-state index >= 15 is 0 Å². The molecule has 3 aromatic carbocycles.